The number of alkyl halides is 3. The van der Waals surface area contributed by atoms with Gasteiger partial charge in [0, 0.05) is 12.8 Å². The van der Waals surface area contributed by atoms with E-state index in [0.717, 1.165) is 0 Å². The van der Waals surface area contributed by atoms with E-state index in [0.29, 0.717) is 0 Å². The molecule has 2 nitrogen and oxygen atoms in total. The van der Waals surface area contributed by atoms with E-state index in [1.807, 2.05) is 0 Å². The fraction of sp³-hybridized carbons (Fsp3) is 0.750. The van der Waals surface area contributed by atoms with Crippen molar-refractivity contribution in [3.05, 3.63) is 0 Å². The van der Waals surface area contributed by atoms with Gasteiger partial charge in [-0.15, -0.1) is 12.4 Å². The fourth-order valence-electron chi connectivity index (χ4n) is 0.249. The van der Waals surface area contributed by atoms with Crippen molar-refractivity contribution in [1.29, 1.82) is 0 Å². The molecule has 0 atom stereocenters. The van der Waals surface area contributed by atoms with Gasteiger partial charge in [0.25, 0.3) is 0 Å². The smallest absolute Gasteiger partial charge is 0.303 e. The van der Waals surface area contributed by atoms with Gasteiger partial charge in [0.05, 0.1) is 0 Å². The van der Waals surface area contributed by atoms with E-state index in [4.69, 9.17) is 39.9 Å². The van der Waals surface area contributed by atoms with Crippen LogP contribution in [-0.2, 0) is 4.79 Å². The first-order valence-corrected chi connectivity index (χ1v) is 3.34. The third-order valence-corrected chi connectivity index (χ3v) is 1.19. The maximum absolute atomic E-state index is 9.87. The SMILES string of the molecule is Cl.O=C(O)CCC(Cl)(Cl)Cl. The molecule has 0 bridgehead atoms. The van der Waals surface area contributed by atoms with Crippen molar-refractivity contribution in [1.82, 2.24) is 0 Å². The van der Waals surface area contributed by atoms with Gasteiger partial charge >= 0.3 is 5.97 Å². The minimum Gasteiger partial charge on any atom is -0.481 e. The normalized spacial score (nSPS) is 10.3. The average Bonchev–Trinajstić information content (AvgIpc) is 1.59. The Morgan fingerprint density at radius 1 is 1.40 bits per heavy atom. The summed E-state index contributed by atoms with van der Waals surface area (Å²) in [5.41, 5.74) is 0. The lowest BCUT2D eigenvalue weighted by Gasteiger charge is -2.06. The van der Waals surface area contributed by atoms with Crippen molar-refractivity contribution < 1.29 is 9.90 Å². The van der Waals surface area contributed by atoms with Crippen LogP contribution < -0.4 is 0 Å². The second-order valence-corrected chi connectivity index (χ2v) is 4.02. The second-order valence-electron chi connectivity index (χ2n) is 1.51. The number of hydrogen-bond acceptors (Lipinski definition) is 1. The van der Waals surface area contributed by atoms with Crippen LogP contribution in [0.25, 0.3) is 0 Å². The lowest BCUT2D eigenvalue weighted by Crippen LogP contribution is -2.05. The zero-order chi connectivity index (χ0) is 7.49. The molecule has 0 aromatic carbocycles. The molecule has 10 heavy (non-hydrogen) atoms. The maximum Gasteiger partial charge on any atom is 0.303 e. The predicted molar refractivity (Wildman–Crippen MR) is 44.4 cm³/mol. The summed E-state index contributed by atoms with van der Waals surface area (Å²) >= 11 is 15.7. The van der Waals surface area contributed by atoms with E-state index in [1.165, 1.54) is 0 Å². The fourth-order valence-corrected chi connectivity index (χ4v) is 0.532. The molecule has 62 valence electrons. The van der Waals surface area contributed by atoms with E-state index in [9.17, 15) is 4.79 Å². The molecule has 0 aliphatic heterocycles. The standard InChI is InChI=1S/C4H5Cl3O2.ClH/c5-4(6,7)2-1-3(8)9;/h1-2H2,(H,8,9);1H. The van der Waals surface area contributed by atoms with Gasteiger partial charge in [-0.1, -0.05) is 34.8 Å². The molecule has 0 unspecified atom stereocenters. The highest BCUT2D eigenvalue weighted by Gasteiger charge is 2.20. The molecule has 1 N–H and O–H groups in total. The zero-order valence-corrected chi connectivity index (χ0v) is 7.90. The molecular weight excluding hydrogens is 222 g/mol. The van der Waals surface area contributed by atoms with Gasteiger partial charge in [0.1, 0.15) is 0 Å². The first-order valence-electron chi connectivity index (χ1n) is 2.20. The van der Waals surface area contributed by atoms with Crippen LogP contribution in [0.15, 0.2) is 0 Å². The van der Waals surface area contributed by atoms with E-state index in [2.05, 4.69) is 0 Å². The summed E-state index contributed by atoms with van der Waals surface area (Å²) < 4.78 is -1.43. The minimum absolute atomic E-state index is 0. The van der Waals surface area contributed by atoms with Crippen LogP contribution in [0.4, 0.5) is 0 Å². The highest BCUT2D eigenvalue weighted by atomic mass is 35.6. The number of rotatable bonds is 2. The molecule has 0 aliphatic rings. The summed E-state index contributed by atoms with van der Waals surface area (Å²) in [6.45, 7) is 0. The van der Waals surface area contributed by atoms with Crippen LogP contribution in [0, 0.1) is 0 Å². The monoisotopic (exact) mass is 226 g/mol. The molecule has 0 saturated carbocycles. The lowest BCUT2D eigenvalue weighted by atomic mass is 10.3. The number of aliphatic carboxylic acids is 1. The summed E-state index contributed by atoms with van der Waals surface area (Å²) in [5.74, 6) is -0.957. The molecule has 0 amide bonds. The van der Waals surface area contributed by atoms with Crippen molar-refractivity contribution in [3.63, 3.8) is 0 Å². The predicted octanol–water partition coefficient (Wildman–Crippen LogP) is 2.64. The van der Waals surface area contributed by atoms with Crippen LogP contribution in [0.5, 0.6) is 0 Å². The van der Waals surface area contributed by atoms with Crippen LogP contribution in [-0.4, -0.2) is 14.9 Å². The van der Waals surface area contributed by atoms with E-state index in [-0.39, 0.29) is 25.2 Å². The van der Waals surface area contributed by atoms with Crippen molar-refractivity contribution in [2.75, 3.05) is 0 Å². The topological polar surface area (TPSA) is 37.3 Å². The summed E-state index contributed by atoms with van der Waals surface area (Å²) in [5, 5.41) is 8.10. The van der Waals surface area contributed by atoms with Crippen molar-refractivity contribution in [2.45, 2.75) is 16.6 Å². The second kappa shape index (κ2) is 5.30. The quantitative estimate of drug-likeness (QED) is 0.737. The first-order chi connectivity index (χ1) is 3.92. The van der Waals surface area contributed by atoms with Crippen molar-refractivity contribution >= 4 is 53.2 Å². The zero-order valence-electron chi connectivity index (χ0n) is 4.81. The molecule has 0 rings (SSSR count). The Balaban J connectivity index is 0. The molecule has 6 heteroatoms. The number of carbonyl (C=O) groups is 1. The lowest BCUT2D eigenvalue weighted by molar-refractivity contribution is -0.137. The summed E-state index contributed by atoms with van der Waals surface area (Å²) in [4.78, 5) is 9.87. The van der Waals surface area contributed by atoms with E-state index < -0.39 is 9.76 Å². The first kappa shape index (κ1) is 13.2. The van der Waals surface area contributed by atoms with Gasteiger partial charge in [-0.2, -0.15) is 0 Å². The van der Waals surface area contributed by atoms with Crippen molar-refractivity contribution in [2.24, 2.45) is 0 Å². The van der Waals surface area contributed by atoms with Gasteiger partial charge in [0.2, 0.25) is 0 Å². The van der Waals surface area contributed by atoms with Gasteiger partial charge in [-0.25, -0.2) is 0 Å². The third kappa shape index (κ3) is 11.4. The van der Waals surface area contributed by atoms with Gasteiger partial charge in [-0.3, -0.25) is 4.79 Å². The van der Waals surface area contributed by atoms with Gasteiger partial charge in [-0.05, 0) is 0 Å². The Morgan fingerprint density at radius 3 is 1.90 bits per heavy atom. The third-order valence-electron chi connectivity index (χ3n) is 0.622. The molecule has 0 aromatic rings. The van der Waals surface area contributed by atoms with E-state index >= 15 is 0 Å². The number of carboxylic acid groups (broad SMARTS) is 1. The Morgan fingerprint density at radius 2 is 1.80 bits per heavy atom. The summed E-state index contributed by atoms with van der Waals surface area (Å²) in [7, 11) is 0. The Kier molecular flexibility index (Phi) is 7.02. The van der Waals surface area contributed by atoms with E-state index in [1.54, 1.807) is 0 Å². The minimum atomic E-state index is -1.43. The highest BCUT2D eigenvalue weighted by Crippen LogP contribution is 2.30. The molecule has 0 fully saturated rings. The number of hydrogen-bond donors (Lipinski definition) is 1. The summed E-state index contributed by atoms with van der Waals surface area (Å²) in [6.07, 6.45) is -0.0660. The summed E-state index contributed by atoms with van der Waals surface area (Å²) in [6, 6.07) is 0. The molecule has 0 heterocycles. The van der Waals surface area contributed by atoms with Gasteiger partial charge < -0.3 is 5.11 Å². The molecule has 0 radical (unpaired) electrons. The number of halogens is 4. The molecule has 0 spiro atoms. The molecular formula is C4H6Cl4O2. The van der Waals surface area contributed by atoms with Crippen LogP contribution in [0.1, 0.15) is 12.8 Å². The maximum atomic E-state index is 9.87. The molecule has 0 aliphatic carbocycles. The van der Waals surface area contributed by atoms with Crippen LogP contribution in [0.3, 0.4) is 0 Å². The highest BCUT2D eigenvalue weighted by molar-refractivity contribution is 6.67. The molecule has 0 saturated heterocycles. The Hall–Kier alpha value is 0.630. The van der Waals surface area contributed by atoms with Crippen molar-refractivity contribution in [3.8, 4) is 0 Å². The number of carboxylic acids is 1. The molecule has 0 aromatic heterocycles. The van der Waals surface area contributed by atoms with Crippen LogP contribution >= 0.6 is 47.2 Å². The average molecular weight is 228 g/mol. The van der Waals surface area contributed by atoms with Gasteiger partial charge in [0.15, 0.2) is 3.79 Å². The Labute approximate surface area is 79.9 Å². The Bertz CT molecular complexity index is 108. The largest absolute Gasteiger partial charge is 0.481 e. The van der Waals surface area contributed by atoms with Crippen LogP contribution in [0.2, 0.25) is 0 Å².